The average molecular weight is 391 g/mol. The number of hydrogen-bond donors (Lipinski definition) is 3. The molecule has 0 saturated heterocycles. The molecule has 0 aliphatic heterocycles. The molecule has 0 bridgehead atoms. The highest BCUT2D eigenvalue weighted by Crippen LogP contribution is 2.34. The SMILES string of the molecule is CCOC(=O)C[C@@H](c1ccc(OCC(N)=O)cc1)c1oc(CO)cc(=O)c1O. The van der Waals surface area contributed by atoms with Crippen molar-refractivity contribution in [1.82, 2.24) is 0 Å². The molecule has 0 aliphatic rings. The summed E-state index contributed by atoms with van der Waals surface area (Å²) in [6.07, 6.45) is -0.208. The number of nitrogens with two attached hydrogens (primary N) is 1. The van der Waals surface area contributed by atoms with Gasteiger partial charge in [-0.3, -0.25) is 14.4 Å². The maximum atomic E-state index is 12.0. The van der Waals surface area contributed by atoms with E-state index >= 15 is 0 Å². The third kappa shape index (κ3) is 5.34. The fourth-order valence-corrected chi connectivity index (χ4v) is 2.57. The van der Waals surface area contributed by atoms with E-state index in [1.165, 1.54) is 0 Å². The highest BCUT2D eigenvalue weighted by molar-refractivity contribution is 5.75. The standard InChI is InChI=1S/C19H21NO8/c1-2-26-17(24)8-14(19-18(25)15(22)7-13(9-21)28-19)11-3-5-12(6-4-11)27-10-16(20)23/h3-7,14,21,25H,2,8-10H2,1H3,(H2,20,23)/t14-/m0/s1. The number of carbonyl (C=O) groups excluding carboxylic acids is 2. The van der Waals surface area contributed by atoms with E-state index in [0.29, 0.717) is 11.3 Å². The van der Waals surface area contributed by atoms with E-state index < -0.39 is 35.6 Å². The lowest BCUT2D eigenvalue weighted by Crippen LogP contribution is -2.20. The van der Waals surface area contributed by atoms with Crippen LogP contribution in [0.2, 0.25) is 0 Å². The first kappa shape index (κ1) is 21.0. The van der Waals surface area contributed by atoms with Crippen LogP contribution in [0.15, 0.2) is 39.5 Å². The summed E-state index contributed by atoms with van der Waals surface area (Å²) < 4.78 is 15.6. The van der Waals surface area contributed by atoms with E-state index in [-0.39, 0.29) is 31.2 Å². The summed E-state index contributed by atoms with van der Waals surface area (Å²) in [5.74, 6) is -2.52. The van der Waals surface area contributed by atoms with Crippen LogP contribution in [0.25, 0.3) is 0 Å². The van der Waals surface area contributed by atoms with Gasteiger partial charge in [-0.1, -0.05) is 12.1 Å². The monoisotopic (exact) mass is 391 g/mol. The Bertz CT molecular complexity index is 888. The number of carbonyl (C=O) groups is 2. The summed E-state index contributed by atoms with van der Waals surface area (Å²) in [4.78, 5) is 34.8. The second kappa shape index (κ2) is 9.56. The van der Waals surface area contributed by atoms with Crippen LogP contribution in [0.3, 0.4) is 0 Å². The molecule has 0 aliphatic carbocycles. The largest absolute Gasteiger partial charge is 0.502 e. The summed E-state index contributed by atoms with van der Waals surface area (Å²) in [5.41, 5.74) is 4.82. The minimum absolute atomic E-state index is 0.0481. The Hall–Kier alpha value is -3.33. The molecule has 150 valence electrons. The van der Waals surface area contributed by atoms with Crippen molar-refractivity contribution in [3.63, 3.8) is 0 Å². The number of aromatic hydroxyl groups is 1. The minimum atomic E-state index is -0.844. The van der Waals surface area contributed by atoms with Crippen molar-refractivity contribution in [3.05, 3.63) is 57.6 Å². The minimum Gasteiger partial charge on any atom is -0.502 e. The van der Waals surface area contributed by atoms with Crippen molar-refractivity contribution >= 4 is 11.9 Å². The van der Waals surface area contributed by atoms with Crippen LogP contribution in [0.5, 0.6) is 11.5 Å². The molecule has 1 atom stereocenters. The van der Waals surface area contributed by atoms with Gasteiger partial charge < -0.3 is 29.8 Å². The van der Waals surface area contributed by atoms with Crippen molar-refractivity contribution in [2.45, 2.75) is 25.9 Å². The molecule has 1 heterocycles. The molecule has 1 aromatic heterocycles. The molecule has 0 spiro atoms. The van der Waals surface area contributed by atoms with Gasteiger partial charge in [0.1, 0.15) is 18.1 Å². The van der Waals surface area contributed by atoms with Crippen LogP contribution in [0.1, 0.15) is 36.3 Å². The van der Waals surface area contributed by atoms with Gasteiger partial charge in [-0.15, -0.1) is 0 Å². The average Bonchev–Trinajstić information content (AvgIpc) is 2.67. The summed E-state index contributed by atoms with van der Waals surface area (Å²) in [6, 6.07) is 7.24. The zero-order valence-electron chi connectivity index (χ0n) is 15.2. The lowest BCUT2D eigenvalue weighted by molar-refractivity contribution is -0.143. The first-order valence-electron chi connectivity index (χ1n) is 8.49. The number of esters is 1. The van der Waals surface area contributed by atoms with Gasteiger partial charge in [0, 0.05) is 6.07 Å². The topological polar surface area (TPSA) is 149 Å². The Morgan fingerprint density at radius 1 is 1.25 bits per heavy atom. The molecule has 1 amide bonds. The number of ether oxygens (including phenoxy) is 2. The zero-order chi connectivity index (χ0) is 20.7. The molecule has 0 unspecified atom stereocenters. The number of rotatable bonds is 9. The smallest absolute Gasteiger partial charge is 0.306 e. The summed E-state index contributed by atoms with van der Waals surface area (Å²) >= 11 is 0. The van der Waals surface area contributed by atoms with Crippen molar-refractivity contribution in [2.24, 2.45) is 5.73 Å². The normalized spacial score (nSPS) is 11.6. The molecule has 1 aromatic carbocycles. The number of amides is 1. The van der Waals surface area contributed by atoms with Crippen LogP contribution in [-0.2, 0) is 20.9 Å². The predicted molar refractivity (Wildman–Crippen MR) is 96.8 cm³/mol. The van der Waals surface area contributed by atoms with Gasteiger partial charge in [-0.2, -0.15) is 0 Å². The maximum absolute atomic E-state index is 12.0. The maximum Gasteiger partial charge on any atom is 0.306 e. The fourth-order valence-electron chi connectivity index (χ4n) is 2.57. The lowest BCUT2D eigenvalue weighted by Gasteiger charge is -2.18. The number of benzene rings is 1. The lowest BCUT2D eigenvalue weighted by atomic mass is 9.92. The Kier molecular flexibility index (Phi) is 7.16. The van der Waals surface area contributed by atoms with Crippen LogP contribution in [0.4, 0.5) is 0 Å². The fraction of sp³-hybridized carbons (Fsp3) is 0.316. The van der Waals surface area contributed by atoms with Gasteiger partial charge in [0.25, 0.3) is 5.91 Å². The van der Waals surface area contributed by atoms with Gasteiger partial charge in [0.15, 0.2) is 12.4 Å². The molecule has 28 heavy (non-hydrogen) atoms. The van der Waals surface area contributed by atoms with Crippen molar-refractivity contribution in [1.29, 1.82) is 0 Å². The highest BCUT2D eigenvalue weighted by Gasteiger charge is 2.26. The van der Waals surface area contributed by atoms with Crippen molar-refractivity contribution in [3.8, 4) is 11.5 Å². The van der Waals surface area contributed by atoms with E-state index in [2.05, 4.69) is 0 Å². The molecular weight excluding hydrogens is 370 g/mol. The van der Waals surface area contributed by atoms with Gasteiger partial charge in [0.05, 0.1) is 18.9 Å². The number of hydrogen-bond acceptors (Lipinski definition) is 8. The second-order valence-corrected chi connectivity index (χ2v) is 5.83. The Morgan fingerprint density at radius 3 is 2.50 bits per heavy atom. The van der Waals surface area contributed by atoms with E-state index in [4.69, 9.17) is 19.6 Å². The Labute approximate surface area is 160 Å². The van der Waals surface area contributed by atoms with Crippen LogP contribution < -0.4 is 15.9 Å². The summed E-state index contributed by atoms with van der Waals surface area (Å²) in [6.45, 7) is 0.980. The number of aliphatic hydroxyl groups is 1. The van der Waals surface area contributed by atoms with Crippen LogP contribution in [0, 0.1) is 0 Å². The van der Waals surface area contributed by atoms with Gasteiger partial charge in [-0.05, 0) is 24.6 Å². The molecule has 0 saturated carbocycles. The number of aliphatic hydroxyl groups excluding tert-OH is 1. The number of primary amides is 1. The van der Waals surface area contributed by atoms with E-state index in [9.17, 15) is 24.6 Å². The molecule has 9 heteroatoms. The van der Waals surface area contributed by atoms with Gasteiger partial charge in [-0.25, -0.2) is 0 Å². The van der Waals surface area contributed by atoms with Crippen LogP contribution >= 0.6 is 0 Å². The Balaban J connectivity index is 2.43. The van der Waals surface area contributed by atoms with Crippen molar-refractivity contribution < 1.29 is 33.7 Å². The first-order chi connectivity index (χ1) is 13.3. The molecule has 9 nitrogen and oxygen atoms in total. The van der Waals surface area contributed by atoms with Crippen LogP contribution in [-0.4, -0.2) is 35.3 Å². The van der Waals surface area contributed by atoms with E-state index in [1.807, 2.05) is 0 Å². The third-order valence-electron chi connectivity index (χ3n) is 3.81. The second-order valence-electron chi connectivity index (χ2n) is 5.83. The first-order valence-corrected chi connectivity index (χ1v) is 8.49. The van der Waals surface area contributed by atoms with Crippen molar-refractivity contribution in [2.75, 3.05) is 13.2 Å². The zero-order valence-corrected chi connectivity index (χ0v) is 15.2. The summed E-state index contributed by atoms with van der Waals surface area (Å²) in [5, 5.41) is 19.5. The molecule has 0 fully saturated rings. The molecule has 2 aromatic rings. The van der Waals surface area contributed by atoms with Gasteiger partial charge >= 0.3 is 5.97 Å². The third-order valence-corrected chi connectivity index (χ3v) is 3.81. The Morgan fingerprint density at radius 2 is 1.93 bits per heavy atom. The van der Waals surface area contributed by atoms with E-state index in [1.54, 1.807) is 31.2 Å². The molecule has 4 N–H and O–H groups in total. The molecular formula is C19H21NO8. The quantitative estimate of drug-likeness (QED) is 0.531. The molecule has 2 rings (SSSR count). The molecule has 0 radical (unpaired) electrons. The van der Waals surface area contributed by atoms with Gasteiger partial charge in [0.2, 0.25) is 11.2 Å². The van der Waals surface area contributed by atoms with E-state index in [0.717, 1.165) is 6.07 Å². The predicted octanol–water partition coefficient (Wildman–Crippen LogP) is 0.787. The highest BCUT2D eigenvalue weighted by atomic mass is 16.5. The summed E-state index contributed by atoms with van der Waals surface area (Å²) in [7, 11) is 0.